The van der Waals surface area contributed by atoms with Crippen LogP contribution in [0.1, 0.15) is 29.8 Å². The Kier molecular flexibility index (Phi) is 3.66. The van der Waals surface area contributed by atoms with Crippen molar-refractivity contribution in [2.45, 2.75) is 33.4 Å². The maximum absolute atomic E-state index is 5.96. The lowest BCUT2D eigenvalue weighted by atomic mass is 10.1. The highest BCUT2D eigenvalue weighted by Gasteiger charge is 2.26. The maximum atomic E-state index is 5.96. The van der Waals surface area contributed by atoms with Gasteiger partial charge in [-0.3, -0.25) is 4.98 Å². The lowest BCUT2D eigenvalue weighted by molar-refractivity contribution is 0.327. The van der Waals surface area contributed by atoms with Gasteiger partial charge in [-0.2, -0.15) is 0 Å². The van der Waals surface area contributed by atoms with Gasteiger partial charge in [0.05, 0.1) is 24.0 Å². The van der Waals surface area contributed by atoms with E-state index in [1.807, 2.05) is 19.2 Å². The van der Waals surface area contributed by atoms with E-state index in [-0.39, 0.29) is 6.04 Å². The van der Waals surface area contributed by atoms with Crippen LogP contribution in [0, 0.1) is 13.8 Å². The number of aliphatic imine (C=N–C) groups is 1. The summed E-state index contributed by atoms with van der Waals surface area (Å²) in [6, 6.07) is 3.99. The van der Waals surface area contributed by atoms with Crippen LogP contribution >= 0.6 is 0 Å². The molecule has 3 heterocycles. The summed E-state index contributed by atoms with van der Waals surface area (Å²) in [7, 11) is 0. The fourth-order valence-electron chi connectivity index (χ4n) is 2.44. The average molecular weight is 297 g/mol. The van der Waals surface area contributed by atoms with Crippen molar-refractivity contribution < 1.29 is 4.42 Å². The monoisotopic (exact) mass is 297 g/mol. The van der Waals surface area contributed by atoms with Gasteiger partial charge in [0, 0.05) is 12.4 Å². The molecule has 1 aliphatic heterocycles. The molecule has 0 fully saturated rings. The second-order valence-corrected chi connectivity index (χ2v) is 5.46. The van der Waals surface area contributed by atoms with E-state index in [2.05, 4.69) is 39.8 Å². The van der Waals surface area contributed by atoms with Crippen molar-refractivity contribution in [2.24, 2.45) is 10.7 Å². The third-order valence-electron chi connectivity index (χ3n) is 3.73. The van der Waals surface area contributed by atoms with Crippen LogP contribution < -0.4 is 5.73 Å². The Hall–Kier alpha value is -2.63. The van der Waals surface area contributed by atoms with Crippen molar-refractivity contribution in [3.05, 3.63) is 59.5 Å². The number of nitrogens with two attached hydrogens (primary N) is 1. The normalized spacial score (nSPS) is 18.1. The Morgan fingerprint density at radius 3 is 2.86 bits per heavy atom. The molecule has 0 aliphatic carbocycles. The number of aromatic nitrogens is 2. The number of hydrogen-bond donors (Lipinski definition) is 1. The van der Waals surface area contributed by atoms with E-state index in [4.69, 9.17) is 10.2 Å². The molecule has 0 bridgehead atoms. The van der Waals surface area contributed by atoms with Gasteiger partial charge in [0.1, 0.15) is 17.8 Å². The molecule has 0 saturated carbocycles. The van der Waals surface area contributed by atoms with Crippen LogP contribution in [0.25, 0.3) is 0 Å². The quantitative estimate of drug-likeness (QED) is 0.938. The van der Waals surface area contributed by atoms with Crippen LogP contribution in [-0.2, 0) is 6.54 Å². The largest absolute Gasteiger partial charge is 0.443 e. The average Bonchev–Trinajstić information content (AvgIpc) is 2.91. The van der Waals surface area contributed by atoms with Crippen LogP contribution in [0.3, 0.4) is 0 Å². The van der Waals surface area contributed by atoms with E-state index in [0.29, 0.717) is 18.3 Å². The molecule has 6 nitrogen and oxygen atoms in total. The third kappa shape index (κ3) is 2.72. The summed E-state index contributed by atoms with van der Waals surface area (Å²) in [5.41, 5.74) is 9.69. The Labute approximate surface area is 129 Å². The summed E-state index contributed by atoms with van der Waals surface area (Å²) < 4.78 is 5.48. The van der Waals surface area contributed by atoms with Gasteiger partial charge >= 0.3 is 0 Å². The summed E-state index contributed by atoms with van der Waals surface area (Å²) in [4.78, 5) is 15.3. The number of aryl methyl sites for hydroxylation is 2. The van der Waals surface area contributed by atoms with Gasteiger partial charge in [0.15, 0.2) is 0 Å². The Morgan fingerprint density at radius 1 is 1.36 bits per heavy atom. The Balaban J connectivity index is 1.88. The molecule has 2 aromatic heterocycles. The first kappa shape index (κ1) is 14.3. The molecule has 0 saturated heterocycles. The molecule has 22 heavy (non-hydrogen) atoms. The minimum atomic E-state index is 0.00626. The van der Waals surface area contributed by atoms with Gasteiger partial charge in [0.2, 0.25) is 5.89 Å². The van der Waals surface area contributed by atoms with Crippen molar-refractivity contribution in [1.29, 1.82) is 0 Å². The first-order valence-corrected chi connectivity index (χ1v) is 7.19. The smallest absolute Gasteiger partial charge is 0.243 e. The van der Waals surface area contributed by atoms with Gasteiger partial charge < -0.3 is 15.1 Å². The molecule has 114 valence electrons. The Bertz CT molecular complexity index is 746. The number of rotatable bonds is 3. The molecule has 0 radical (unpaired) electrons. The van der Waals surface area contributed by atoms with Crippen LogP contribution in [0.5, 0.6) is 0 Å². The fourth-order valence-corrected chi connectivity index (χ4v) is 2.44. The molecule has 2 N–H and O–H groups in total. The lowest BCUT2D eigenvalue weighted by Crippen LogP contribution is -2.39. The molecule has 1 unspecified atom stereocenters. The van der Waals surface area contributed by atoms with E-state index in [0.717, 1.165) is 22.7 Å². The van der Waals surface area contributed by atoms with E-state index in [9.17, 15) is 0 Å². The molecule has 1 aliphatic rings. The fraction of sp³-hybridized carbons (Fsp3) is 0.312. The molecule has 0 spiro atoms. The number of oxazole rings is 1. The van der Waals surface area contributed by atoms with Gasteiger partial charge in [-0.05, 0) is 32.4 Å². The summed E-state index contributed by atoms with van der Waals surface area (Å²) in [5, 5.41) is 0. The molecular formula is C16H19N5O. The van der Waals surface area contributed by atoms with Crippen molar-refractivity contribution >= 4 is 5.71 Å². The predicted octanol–water partition coefficient (Wildman–Crippen LogP) is 2.14. The summed E-state index contributed by atoms with van der Waals surface area (Å²) >= 11 is 0. The van der Waals surface area contributed by atoms with Crippen molar-refractivity contribution in [3.63, 3.8) is 0 Å². The molecule has 1 atom stereocenters. The van der Waals surface area contributed by atoms with Crippen molar-refractivity contribution in [3.8, 4) is 0 Å². The number of pyridine rings is 1. The molecule has 3 rings (SSSR count). The SMILES string of the molecule is Cc1coc(C2=NC(N)=CN(Cc3ncccc3C)C2C)n1. The molecule has 0 amide bonds. The van der Waals surface area contributed by atoms with Crippen LogP contribution in [-0.4, -0.2) is 26.6 Å². The first-order valence-electron chi connectivity index (χ1n) is 7.19. The van der Waals surface area contributed by atoms with Crippen molar-refractivity contribution in [1.82, 2.24) is 14.9 Å². The minimum absolute atomic E-state index is 0.00626. The van der Waals surface area contributed by atoms with E-state index >= 15 is 0 Å². The summed E-state index contributed by atoms with van der Waals surface area (Å²) in [6.45, 7) is 6.65. The highest BCUT2D eigenvalue weighted by atomic mass is 16.3. The lowest BCUT2D eigenvalue weighted by Gasteiger charge is -2.31. The second-order valence-electron chi connectivity index (χ2n) is 5.46. The number of nitrogens with zero attached hydrogens (tertiary/aromatic N) is 4. The number of hydrogen-bond acceptors (Lipinski definition) is 6. The van der Waals surface area contributed by atoms with Gasteiger partial charge in [-0.25, -0.2) is 9.98 Å². The zero-order chi connectivity index (χ0) is 15.7. The zero-order valence-electron chi connectivity index (χ0n) is 12.9. The van der Waals surface area contributed by atoms with Crippen LogP contribution in [0.15, 0.2) is 46.0 Å². The van der Waals surface area contributed by atoms with Gasteiger partial charge in [-0.1, -0.05) is 6.07 Å². The first-order chi connectivity index (χ1) is 10.5. The maximum Gasteiger partial charge on any atom is 0.243 e. The van der Waals surface area contributed by atoms with E-state index in [1.165, 1.54) is 0 Å². The standard InChI is InChI=1S/C16H19N5O/c1-10-5-4-6-18-13(10)7-21-8-14(17)20-15(12(21)3)16-19-11(2)9-22-16/h4-6,8-9,12H,7,17H2,1-3H3. The van der Waals surface area contributed by atoms with Gasteiger partial charge in [-0.15, -0.1) is 0 Å². The Morgan fingerprint density at radius 2 is 2.18 bits per heavy atom. The highest BCUT2D eigenvalue weighted by molar-refractivity contribution is 6.01. The van der Waals surface area contributed by atoms with E-state index in [1.54, 1.807) is 12.5 Å². The summed E-state index contributed by atoms with van der Waals surface area (Å²) in [6.07, 6.45) is 5.26. The molecule has 6 heteroatoms. The summed E-state index contributed by atoms with van der Waals surface area (Å²) in [5.74, 6) is 0.960. The van der Waals surface area contributed by atoms with E-state index < -0.39 is 0 Å². The third-order valence-corrected chi connectivity index (χ3v) is 3.73. The second kappa shape index (κ2) is 5.63. The molecule has 2 aromatic rings. The predicted molar refractivity (Wildman–Crippen MR) is 84.0 cm³/mol. The van der Waals surface area contributed by atoms with Crippen LogP contribution in [0.4, 0.5) is 0 Å². The minimum Gasteiger partial charge on any atom is -0.443 e. The highest BCUT2D eigenvalue weighted by Crippen LogP contribution is 2.20. The van der Waals surface area contributed by atoms with Gasteiger partial charge in [0.25, 0.3) is 0 Å². The molecule has 0 aromatic carbocycles. The zero-order valence-corrected chi connectivity index (χ0v) is 12.9. The molecular weight excluding hydrogens is 278 g/mol. The topological polar surface area (TPSA) is 80.5 Å². The van der Waals surface area contributed by atoms with Crippen molar-refractivity contribution in [2.75, 3.05) is 0 Å². The van der Waals surface area contributed by atoms with Crippen LogP contribution in [0.2, 0.25) is 0 Å².